The Kier molecular flexibility index (Phi) is 3.94. The monoisotopic (exact) mass is 259 g/mol. The molecule has 2 rings (SSSR count). The van der Waals surface area contributed by atoms with Crippen molar-refractivity contribution in [2.45, 2.75) is 20.3 Å². The summed E-state index contributed by atoms with van der Waals surface area (Å²) in [7, 11) is 1.81. The Balaban J connectivity index is 2.23. The highest BCUT2D eigenvalue weighted by Crippen LogP contribution is 2.15. The van der Waals surface area contributed by atoms with Crippen LogP contribution in [-0.4, -0.2) is 27.2 Å². The van der Waals surface area contributed by atoms with Crippen molar-refractivity contribution in [1.82, 2.24) is 14.8 Å². The van der Waals surface area contributed by atoms with Crippen LogP contribution in [0.15, 0.2) is 24.5 Å². The molecule has 0 unspecified atom stereocenters. The van der Waals surface area contributed by atoms with E-state index in [0.717, 1.165) is 12.1 Å². The van der Waals surface area contributed by atoms with E-state index in [1.54, 1.807) is 23.0 Å². The number of carbonyl (C=O) groups is 1. The van der Waals surface area contributed by atoms with Crippen molar-refractivity contribution in [2.24, 2.45) is 7.05 Å². The van der Waals surface area contributed by atoms with Gasteiger partial charge in [0, 0.05) is 24.5 Å². The average molecular weight is 259 g/mol. The van der Waals surface area contributed by atoms with E-state index in [1.807, 2.05) is 20.9 Å². The first kappa shape index (κ1) is 13.3. The minimum atomic E-state index is -0.141. The Morgan fingerprint density at radius 3 is 2.79 bits per heavy atom. The second-order valence-corrected chi connectivity index (χ2v) is 4.38. The molecular formula is C14H17N3O2. The van der Waals surface area contributed by atoms with Crippen LogP contribution in [0.5, 0.6) is 5.75 Å². The van der Waals surface area contributed by atoms with Gasteiger partial charge in [0.1, 0.15) is 11.4 Å². The number of aromatic nitrogens is 3. The number of hydrogen-bond acceptors (Lipinski definition) is 4. The van der Waals surface area contributed by atoms with E-state index in [2.05, 4.69) is 10.1 Å². The highest BCUT2D eigenvalue weighted by molar-refractivity contribution is 6.07. The number of pyridine rings is 1. The summed E-state index contributed by atoms with van der Waals surface area (Å²) in [4.78, 5) is 16.3. The lowest BCUT2D eigenvalue weighted by atomic mass is 10.1. The molecule has 2 heterocycles. The predicted octanol–water partition coefficient (Wildman–Crippen LogP) is 2.14. The fraction of sp³-hybridized carbons (Fsp3) is 0.357. The van der Waals surface area contributed by atoms with Crippen LogP contribution in [0.2, 0.25) is 0 Å². The number of nitrogens with zero attached hydrogens (tertiary/aromatic N) is 3. The molecule has 0 amide bonds. The third kappa shape index (κ3) is 2.99. The molecule has 0 fully saturated rings. The molecule has 0 saturated heterocycles. The molecule has 19 heavy (non-hydrogen) atoms. The molecule has 0 radical (unpaired) electrons. The van der Waals surface area contributed by atoms with Crippen LogP contribution in [0, 0.1) is 6.92 Å². The van der Waals surface area contributed by atoms with Crippen LogP contribution in [-0.2, 0) is 7.05 Å². The van der Waals surface area contributed by atoms with Crippen LogP contribution >= 0.6 is 0 Å². The van der Waals surface area contributed by atoms with Crippen molar-refractivity contribution in [2.75, 3.05) is 6.61 Å². The second-order valence-electron chi connectivity index (χ2n) is 4.38. The van der Waals surface area contributed by atoms with Gasteiger partial charge in [0.05, 0.1) is 12.8 Å². The molecule has 0 spiro atoms. The van der Waals surface area contributed by atoms with E-state index in [-0.39, 0.29) is 5.78 Å². The Hall–Kier alpha value is -2.17. The van der Waals surface area contributed by atoms with Crippen molar-refractivity contribution in [3.8, 4) is 5.75 Å². The van der Waals surface area contributed by atoms with Crippen LogP contribution in [0.25, 0.3) is 0 Å². The summed E-state index contributed by atoms with van der Waals surface area (Å²) in [5, 5.41) is 4.18. The molecule has 5 heteroatoms. The lowest BCUT2D eigenvalue weighted by molar-refractivity contribution is 0.103. The fourth-order valence-electron chi connectivity index (χ4n) is 1.66. The first-order chi connectivity index (χ1) is 9.11. The first-order valence-electron chi connectivity index (χ1n) is 6.25. The zero-order valence-corrected chi connectivity index (χ0v) is 11.4. The Morgan fingerprint density at radius 2 is 2.16 bits per heavy atom. The molecule has 0 aliphatic heterocycles. The van der Waals surface area contributed by atoms with Crippen molar-refractivity contribution in [3.05, 3.63) is 41.5 Å². The van der Waals surface area contributed by atoms with Gasteiger partial charge in [-0.1, -0.05) is 6.92 Å². The minimum Gasteiger partial charge on any atom is -0.492 e. The van der Waals surface area contributed by atoms with E-state index in [4.69, 9.17) is 4.74 Å². The van der Waals surface area contributed by atoms with Gasteiger partial charge < -0.3 is 4.74 Å². The number of ether oxygens (including phenoxy) is 1. The first-order valence-corrected chi connectivity index (χ1v) is 6.25. The van der Waals surface area contributed by atoms with Crippen molar-refractivity contribution < 1.29 is 9.53 Å². The van der Waals surface area contributed by atoms with E-state index in [9.17, 15) is 4.79 Å². The molecule has 0 aliphatic rings. The topological polar surface area (TPSA) is 57.0 Å². The largest absolute Gasteiger partial charge is 0.492 e. The standard InChI is InChI=1S/C14H17N3O2/c1-4-5-19-12-7-11(8-15-9-12)14(18)13-6-10(2)17(3)16-13/h6-9H,4-5H2,1-3H3. The third-order valence-corrected chi connectivity index (χ3v) is 2.79. The smallest absolute Gasteiger partial charge is 0.214 e. The van der Waals surface area contributed by atoms with Gasteiger partial charge in [-0.05, 0) is 25.5 Å². The second kappa shape index (κ2) is 5.65. The molecule has 2 aromatic heterocycles. The fourth-order valence-corrected chi connectivity index (χ4v) is 1.66. The maximum Gasteiger partial charge on any atom is 0.214 e. The molecule has 5 nitrogen and oxygen atoms in total. The average Bonchev–Trinajstić information content (AvgIpc) is 2.76. The van der Waals surface area contributed by atoms with Crippen molar-refractivity contribution in [1.29, 1.82) is 0 Å². The quantitative estimate of drug-likeness (QED) is 0.772. The van der Waals surface area contributed by atoms with Gasteiger partial charge in [-0.15, -0.1) is 0 Å². The molecule has 0 N–H and O–H groups in total. The van der Waals surface area contributed by atoms with Crippen molar-refractivity contribution in [3.63, 3.8) is 0 Å². The normalized spacial score (nSPS) is 10.5. The van der Waals surface area contributed by atoms with Gasteiger partial charge in [0.15, 0.2) is 0 Å². The lowest BCUT2D eigenvalue weighted by Gasteiger charge is -2.04. The third-order valence-electron chi connectivity index (χ3n) is 2.79. The van der Waals surface area contributed by atoms with E-state index in [1.165, 1.54) is 6.20 Å². The maximum absolute atomic E-state index is 12.3. The number of hydrogen-bond donors (Lipinski definition) is 0. The summed E-state index contributed by atoms with van der Waals surface area (Å²) in [6, 6.07) is 3.47. The van der Waals surface area contributed by atoms with Gasteiger partial charge in [-0.25, -0.2) is 0 Å². The summed E-state index contributed by atoms with van der Waals surface area (Å²) in [5.74, 6) is 0.471. The summed E-state index contributed by atoms with van der Waals surface area (Å²) in [6.07, 6.45) is 4.05. The number of ketones is 1. The highest BCUT2D eigenvalue weighted by atomic mass is 16.5. The Bertz CT molecular complexity index is 571. The molecule has 0 bridgehead atoms. The van der Waals surface area contributed by atoms with Gasteiger partial charge in [-0.2, -0.15) is 5.10 Å². The molecular weight excluding hydrogens is 242 g/mol. The molecule has 0 atom stereocenters. The van der Waals surface area contributed by atoms with E-state index >= 15 is 0 Å². The zero-order chi connectivity index (χ0) is 13.8. The molecule has 100 valence electrons. The zero-order valence-electron chi connectivity index (χ0n) is 11.4. The molecule has 2 aromatic rings. The van der Waals surface area contributed by atoms with E-state index in [0.29, 0.717) is 23.6 Å². The Labute approximate surface area is 112 Å². The summed E-state index contributed by atoms with van der Waals surface area (Å²) in [5.41, 5.74) is 1.86. The summed E-state index contributed by atoms with van der Waals surface area (Å²) in [6.45, 7) is 4.55. The van der Waals surface area contributed by atoms with Crippen LogP contribution in [0.1, 0.15) is 35.1 Å². The Morgan fingerprint density at radius 1 is 1.37 bits per heavy atom. The molecule has 0 saturated carbocycles. The van der Waals surface area contributed by atoms with Crippen LogP contribution < -0.4 is 4.74 Å². The SMILES string of the molecule is CCCOc1cncc(C(=O)c2cc(C)n(C)n2)c1. The van der Waals surface area contributed by atoms with Crippen LogP contribution in [0.3, 0.4) is 0 Å². The number of carbonyl (C=O) groups excluding carboxylic acids is 1. The maximum atomic E-state index is 12.3. The number of aryl methyl sites for hydroxylation is 2. The summed E-state index contributed by atoms with van der Waals surface area (Å²) >= 11 is 0. The lowest BCUT2D eigenvalue weighted by Crippen LogP contribution is -2.05. The highest BCUT2D eigenvalue weighted by Gasteiger charge is 2.14. The van der Waals surface area contributed by atoms with E-state index < -0.39 is 0 Å². The van der Waals surface area contributed by atoms with Gasteiger partial charge >= 0.3 is 0 Å². The van der Waals surface area contributed by atoms with Gasteiger partial charge in [0.2, 0.25) is 5.78 Å². The molecule has 0 aliphatic carbocycles. The van der Waals surface area contributed by atoms with Crippen LogP contribution in [0.4, 0.5) is 0 Å². The van der Waals surface area contributed by atoms with Gasteiger partial charge in [0.25, 0.3) is 0 Å². The molecule has 0 aromatic carbocycles. The van der Waals surface area contributed by atoms with Crippen molar-refractivity contribution >= 4 is 5.78 Å². The number of rotatable bonds is 5. The van der Waals surface area contributed by atoms with Gasteiger partial charge in [-0.3, -0.25) is 14.5 Å². The summed E-state index contributed by atoms with van der Waals surface area (Å²) < 4.78 is 7.15. The predicted molar refractivity (Wildman–Crippen MR) is 71.4 cm³/mol. The minimum absolute atomic E-state index is 0.141.